The van der Waals surface area contributed by atoms with Gasteiger partial charge in [0.2, 0.25) is 5.95 Å². The van der Waals surface area contributed by atoms with E-state index in [1.54, 1.807) is 12.4 Å². The van der Waals surface area contributed by atoms with Crippen LogP contribution in [0.1, 0.15) is 5.56 Å². The van der Waals surface area contributed by atoms with Crippen molar-refractivity contribution in [1.82, 2.24) is 9.97 Å². The molecule has 0 amide bonds. The maximum Gasteiger partial charge on any atom is 0.229 e. The van der Waals surface area contributed by atoms with E-state index in [4.69, 9.17) is 5.73 Å². The highest BCUT2D eigenvalue weighted by molar-refractivity contribution is 5.65. The van der Waals surface area contributed by atoms with Crippen LogP contribution in [0, 0.1) is 5.82 Å². The van der Waals surface area contributed by atoms with E-state index in [1.165, 1.54) is 12.1 Å². The van der Waals surface area contributed by atoms with Crippen molar-refractivity contribution in [3.8, 4) is 0 Å². The summed E-state index contributed by atoms with van der Waals surface area (Å²) in [4.78, 5) is 10.2. The van der Waals surface area contributed by atoms with Crippen LogP contribution in [0.25, 0.3) is 0 Å². The summed E-state index contributed by atoms with van der Waals surface area (Å²) in [6, 6.07) is 4.80. The molecule has 4 nitrogen and oxygen atoms in total. The van der Waals surface area contributed by atoms with Gasteiger partial charge in [0.15, 0.2) is 0 Å². The molecule has 0 saturated carbocycles. The lowest BCUT2D eigenvalue weighted by Crippen LogP contribution is -2.16. The van der Waals surface area contributed by atoms with Gasteiger partial charge in [0.05, 0.1) is 23.8 Å². The molecule has 5 heteroatoms. The minimum Gasteiger partial charge on any atom is -0.396 e. The van der Waals surface area contributed by atoms with Gasteiger partial charge >= 0.3 is 0 Å². The summed E-state index contributed by atoms with van der Waals surface area (Å²) in [7, 11) is 0. The van der Waals surface area contributed by atoms with Gasteiger partial charge in [-0.25, -0.2) is 14.4 Å². The molecule has 17 heavy (non-hydrogen) atoms. The highest BCUT2D eigenvalue weighted by atomic mass is 19.1. The molecule has 1 aromatic heterocycles. The largest absolute Gasteiger partial charge is 0.396 e. The van der Waals surface area contributed by atoms with Crippen molar-refractivity contribution in [3.63, 3.8) is 0 Å². The van der Waals surface area contributed by atoms with Crippen molar-refractivity contribution in [2.75, 3.05) is 17.2 Å². The first-order valence-corrected chi connectivity index (χ1v) is 5.37. The fourth-order valence-corrected chi connectivity index (χ4v) is 2.03. The van der Waals surface area contributed by atoms with Gasteiger partial charge < -0.3 is 10.6 Å². The van der Waals surface area contributed by atoms with Crippen LogP contribution in [0.2, 0.25) is 0 Å². The first kappa shape index (κ1) is 10.0. The molecule has 2 aromatic rings. The molecule has 86 valence electrons. The lowest BCUT2D eigenvalue weighted by atomic mass is 10.2. The molecule has 0 radical (unpaired) electrons. The number of nitrogen functional groups attached to an aromatic ring is 1. The molecule has 0 unspecified atom stereocenters. The molecule has 0 spiro atoms. The number of nitrogens with two attached hydrogens (primary N) is 1. The van der Waals surface area contributed by atoms with E-state index in [1.807, 2.05) is 11.0 Å². The van der Waals surface area contributed by atoms with Crippen molar-refractivity contribution < 1.29 is 4.39 Å². The van der Waals surface area contributed by atoms with Crippen molar-refractivity contribution in [2.24, 2.45) is 0 Å². The van der Waals surface area contributed by atoms with Gasteiger partial charge in [0.1, 0.15) is 5.82 Å². The third-order valence-electron chi connectivity index (χ3n) is 2.84. The van der Waals surface area contributed by atoms with Crippen LogP contribution in [0.4, 0.5) is 21.7 Å². The Hall–Kier alpha value is -2.17. The summed E-state index contributed by atoms with van der Waals surface area (Å²) in [6.45, 7) is 0.767. The Morgan fingerprint density at radius 1 is 1.24 bits per heavy atom. The number of benzene rings is 1. The molecule has 0 aliphatic carbocycles. The van der Waals surface area contributed by atoms with Crippen molar-refractivity contribution in [2.45, 2.75) is 6.42 Å². The molecule has 0 bridgehead atoms. The number of aromatic nitrogens is 2. The average molecular weight is 230 g/mol. The van der Waals surface area contributed by atoms with Crippen LogP contribution in [0.15, 0.2) is 30.6 Å². The number of nitrogens with zero attached hydrogens (tertiary/aromatic N) is 3. The maximum atomic E-state index is 13.2. The van der Waals surface area contributed by atoms with E-state index >= 15 is 0 Å². The monoisotopic (exact) mass is 230 g/mol. The second-order valence-corrected chi connectivity index (χ2v) is 3.99. The van der Waals surface area contributed by atoms with Crippen LogP contribution in [-0.4, -0.2) is 16.5 Å². The number of halogens is 1. The predicted molar refractivity (Wildman–Crippen MR) is 63.6 cm³/mol. The topological polar surface area (TPSA) is 55.0 Å². The lowest BCUT2D eigenvalue weighted by Gasteiger charge is -2.16. The summed E-state index contributed by atoms with van der Waals surface area (Å²) in [5.41, 5.74) is 8.02. The molecule has 0 fully saturated rings. The number of anilines is 3. The third-order valence-corrected chi connectivity index (χ3v) is 2.84. The average Bonchev–Trinajstić information content (AvgIpc) is 2.73. The SMILES string of the molecule is Nc1cnc(N2CCc3ccc(F)cc32)nc1. The van der Waals surface area contributed by atoms with Crippen LogP contribution < -0.4 is 10.6 Å². The van der Waals surface area contributed by atoms with Gasteiger partial charge in [-0.2, -0.15) is 0 Å². The van der Waals surface area contributed by atoms with Crippen molar-refractivity contribution in [1.29, 1.82) is 0 Å². The first-order chi connectivity index (χ1) is 8.24. The number of hydrogen-bond donors (Lipinski definition) is 1. The second kappa shape index (κ2) is 3.69. The minimum atomic E-state index is -0.244. The highest BCUT2D eigenvalue weighted by Gasteiger charge is 2.22. The van der Waals surface area contributed by atoms with Gasteiger partial charge in [-0.1, -0.05) is 6.07 Å². The van der Waals surface area contributed by atoms with Gasteiger partial charge in [0, 0.05) is 6.54 Å². The summed E-state index contributed by atoms with van der Waals surface area (Å²) in [5.74, 6) is 0.314. The second-order valence-electron chi connectivity index (χ2n) is 3.99. The van der Waals surface area contributed by atoms with Crippen LogP contribution in [-0.2, 0) is 6.42 Å². The Morgan fingerprint density at radius 2 is 2.00 bits per heavy atom. The standard InChI is InChI=1S/C12H11FN4/c13-9-2-1-8-3-4-17(11(8)5-9)12-15-6-10(14)7-16-12/h1-2,5-7H,3-4,14H2. The van der Waals surface area contributed by atoms with E-state index in [0.29, 0.717) is 11.6 Å². The Morgan fingerprint density at radius 3 is 2.76 bits per heavy atom. The lowest BCUT2D eigenvalue weighted by molar-refractivity contribution is 0.628. The van der Waals surface area contributed by atoms with Crippen LogP contribution in [0.5, 0.6) is 0 Å². The fourth-order valence-electron chi connectivity index (χ4n) is 2.03. The smallest absolute Gasteiger partial charge is 0.229 e. The maximum absolute atomic E-state index is 13.2. The van der Waals surface area contributed by atoms with Gasteiger partial charge in [-0.05, 0) is 24.1 Å². The van der Waals surface area contributed by atoms with E-state index in [2.05, 4.69) is 9.97 Å². The summed E-state index contributed by atoms with van der Waals surface area (Å²) in [5, 5.41) is 0. The quantitative estimate of drug-likeness (QED) is 0.812. The molecule has 1 aliphatic heterocycles. The molecular formula is C12H11FN4. The van der Waals surface area contributed by atoms with Gasteiger partial charge in [0.25, 0.3) is 0 Å². The Bertz CT molecular complexity index is 553. The zero-order valence-corrected chi connectivity index (χ0v) is 9.10. The number of hydrogen-bond acceptors (Lipinski definition) is 4. The Labute approximate surface area is 97.9 Å². The highest BCUT2D eigenvalue weighted by Crippen LogP contribution is 2.32. The predicted octanol–water partition coefficient (Wildman–Crippen LogP) is 1.89. The zero-order chi connectivity index (χ0) is 11.8. The van der Waals surface area contributed by atoms with E-state index in [9.17, 15) is 4.39 Å². The summed E-state index contributed by atoms with van der Waals surface area (Å²) < 4.78 is 13.2. The molecule has 0 atom stereocenters. The number of rotatable bonds is 1. The summed E-state index contributed by atoms with van der Waals surface area (Å²) in [6.07, 6.45) is 3.99. The third kappa shape index (κ3) is 1.69. The molecule has 2 heterocycles. The van der Waals surface area contributed by atoms with E-state index < -0.39 is 0 Å². The fraction of sp³-hybridized carbons (Fsp3) is 0.167. The van der Waals surface area contributed by atoms with E-state index in [0.717, 1.165) is 24.2 Å². The van der Waals surface area contributed by atoms with Crippen molar-refractivity contribution in [3.05, 3.63) is 42.0 Å². The van der Waals surface area contributed by atoms with Crippen LogP contribution >= 0.6 is 0 Å². The molecule has 2 N–H and O–H groups in total. The van der Waals surface area contributed by atoms with Gasteiger partial charge in [-0.3, -0.25) is 0 Å². The van der Waals surface area contributed by atoms with Crippen molar-refractivity contribution >= 4 is 17.3 Å². The molecule has 3 rings (SSSR count). The molecule has 1 aliphatic rings. The Kier molecular flexibility index (Phi) is 2.18. The van der Waals surface area contributed by atoms with Gasteiger partial charge in [-0.15, -0.1) is 0 Å². The molecule has 1 aromatic carbocycles. The van der Waals surface area contributed by atoms with Crippen LogP contribution in [0.3, 0.4) is 0 Å². The zero-order valence-electron chi connectivity index (χ0n) is 9.10. The van der Waals surface area contributed by atoms with E-state index in [-0.39, 0.29) is 5.82 Å². The molecular weight excluding hydrogens is 219 g/mol. The minimum absolute atomic E-state index is 0.244. The molecule has 0 saturated heterocycles. The normalized spacial score (nSPS) is 13.8. The first-order valence-electron chi connectivity index (χ1n) is 5.37. The summed E-state index contributed by atoms with van der Waals surface area (Å²) >= 11 is 0. The number of fused-ring (bicyclic) bond motifs is 1. The Balaban J connectivity index is 2.03.